The Balaban J connectivity index is 2.08. The van der Waals surface area contributed by atoms with Gasteiger partial charge < -0.3 is 5.32 Å². The summed E-state index contributed by atoms with van der Waals surface area (Å²) >= 11 is 3.57. The van der Waals surface area contributed by atoms with E-state index < -0.39 is 0 Å². The van der Waals surface area contributed by atoms with Crippen LogP contribution in [-0.4, -0.2) is 12.6 Å². The molecule has 0 bridgehead atoms. The Labute approximate surface area is 136 Å². The van der Waals surface area contributed by atoms with Gasteiger partial charge in [-0.25, -0.2) is 4.39 Å². The van der Waals surface area contributed by atoms with Crippen LogP contribution in [0.3, 0.4) is 0 Å². The Kier molecular flexibility index (Phi) is 7.18. The summed E-state index contributed by atoms with van der Waals surface area (Å²) in [6, 6.07) is 5.50. The van der Waals surface area contributed by atoms with E-state index in [9.17, 15) is 4.39 Å². The van der Waals surface area contributed by atoms with Gasteiger partial charge in [0.1, 0.15) is 5.82 Å². The summed E-state index contributed by atoms with van der Waals surface area (Å²) in [4.78, 5) is 0. The fourth-order valence-electron chi connectivity index (χ4n) is 3.39. The quantitative estimate of drug-likeness (QED) is 0.667. The van der Waals surface area contributed by atoms with Crippen molar-refractivity contribution < 1.29 is 4.39 Å². The molecule has 1 aromatic carbocycles. The average molecular weight is 356 g/mol. The molecule has 0 spiro atoms. The molecule has 1 aliphatic rings. The second kappa shape index (κ2) is 8.89. The lowest BCUT2D eigenvalue weighted by Crippen LogP contribution is -2.38. The molecule has 1 saturated carbocycles. The summed E-state index contributed by atoms with van der Waals surface area (Å²) < 4.78 is 14.5. The second-order valence-corrected chi connectivity index (χ2v) is 7.11. The van der Waals surface area contributed by atoms with Gasteiger partial charge in [-0.05, 0) is 61.9 Å². The molecule has 3 heteroatoms. The van der Waals surface area contributed by atoms with E-state index in [-0.39, 0.29) is 5.82 Å². The third-order valence-electron chi connectivity index (χ3n) is 4.57. The summed E-state index contributed by atoms with van der Waals surface area (Å²) in [5.41, 5.74) is 1.09. The molecular weight excluding hydrogens is 329 g/mol. The van der Waals surface area contributed by atoms with Crippen LogP contribution in [-0.2, 0) is 6.42 Å². The fraction of sp³-hybridized carbons (Fsp3) is 0.667. The highest BCUT2D eigenvalue weighted by molar-refractivity contribution is 9.10. The van der Waals surface area contributed by atoms with Gasteiger partial charge >= 0.3 is 0 Å². The normalized spacial score (nSPS) is 18.4. The van der Waals surface area contributed by atoms with Crippen molar-refractivity contribution in [2.24, 2.45) is 5.92 Å². The summed E-state index contributed by atoms with van der Waals surface area (Å²) in [5, 5.41) is 3.72. The highest BCUT2D eigenvalue weighted by Crippen LogP contribution is 2.29. The highest BCUT2D eigenvalue weighted by Gasteiger charge is 2.23. The minimum atomic E-state index is -0.136. The first-order valence-electron chi connectivity index (χ1n) is 8.38. The first-order chi connectivity index (χ1) is 10.2. The van der Waals surface area contributed by atoms with Gasteiger partial charge in [0, 0.05) is 10.5 Å². The van der Waals surface area contributed by atoms with E-state index in [4.69, 9.17) is 0 Å². The molecule has 1 aromatic rings. The molecule has 118 valence electrons. The van der Waals surface area contributed by atoms with E-state index in [1.165, 1.54) is 44.6 Å². The molecule has 0 radical (unpaired) electrons. The lowest BCUT2D eigenvalue weighted by Gasteiger charge is -2.28. The first-order valence-corrected chi connectivity index (χ1v) is 9.17. The van der Waals surface area contributed by atoms with Crippen LogP contribution in [0.1, 0.15) is 57.4 Å². The lowest BCUT2D eigenvalue weighted by atomic mass is 9.87. The summed E-state index contributed by atoms with van der Waals surface area (Å²) in [6.45, 7) is 3.25. The van der Waals surface area contributed by atoms with Crippen LogP contribution in [0, 0.1) is 11.7 Å². The van der Waals surface area contributed by atoms with Gasteiger partial charge in [0.2, 0.25) is 0 Å². The third-order valence-corrected chi connectivity index (χ3v) is 5.35. The Morgan fingerprint density at radius 1 is 1.24 bits per heavy atom. The first kappa shape index (κ1) is 17.0. The number of hydrogen-bond donors (Lipinski definition) is 1. The Hall–Kier alpha value is -0.410. The van der Waals surface area contributed by atoms with Crippen LogP contribution in [0.4, 0.5) is 4.39 Å². The molecule has 1 nitrogen and oxygen atoms in total. The Bertz CT molecular complexity index is 427. The van der Waals surface area contributed by atoms with E-state index in [1.54, 1.807) is 6.07 Å². The van der Waals surface area contributed by atoms with Gasteiger partial charge in [0.25, 0.3) is 0 Å². The molecule has 2 rings (SSSR count). The molecular formula is C18H27BrFN. The minimum absolute atomic E-state index is 0.136. The van der Waals surface area contributed by atoms with Crippen molar-refractivity contribution in [3.63, 3.8) is 0 Å². The van der Waals surface area contributed by atoms with Crippen molar-refractivity contribution in [3.8, 4) is 0 Å². The predicted octanol–water partition coefficient (Wildman–Crippen LogP) is 5.47. The van der Waals surface area contributed by atoms with E-state index >= 15 is 0 Å². The molecule has 0 aliphatic heterocycles. The Morgan fingerprint density at radius 3 is 2.62 bits per heavy atom. The van der Waals surface area contributed by atoms with Crippen LogP contribution in [0.15, 0.2) is 22.7 Å². The topological polar surface area (TPSA) is 12.0 Å². The van der Waals surface area contributed by atoms with Crippen molar-refractivity contribution in [1.29, 1.82) is 0 Å². The molecule has 21 heavy (non-hydrogen) atoms. The molecule has 0 amide bonds. The van der Waals surface area contributed by atoms with E-state index in [1.807, 2.05) is 6.07 Å². The third kappa shape index (κ3) is 5.37. The standard InChI is InChI=1S/C18H27BrFN/c1-2-11-21-18(14-7-5-3-4-6-8-14)13-15-12-16(20)9-10-17(15)19/h9-10,12,14,18,21H,2-8,11,13H2,1H3. The van der Waals surface area contributed by atoms with Crippen molar-refractivity contribution in [2.45, 2.75) is 64.3 Å². The van der Waals surface area contributed by atoms with Crippen LogP contribution in [0.25, 0.3) is 0 Å². The molecule has 0 heterocycles. The molecule has 1 N–H and O–H groups in total. The fourth-order valence-corrected chi connectivity index (χ4v) is 3.79. The molecule has 0 aromatic heterocycles. The van der Waals surface area contributed by atoms with Gasteiger partial charge in [-0.2, -0.15) is 0 Å². The SMILES string of the molecule is CCCNC(Cc1cc(F)ccc1Br)C1CCCCCC1. The molecule has 0 saturated heterocycles. The van der Waals surface area contributed by atoms with Crippen molar-refractivity contribution >= 4 is 15.9 Å². The van der Waals surface area contributed by atoms with E-state index in [0.717, 1.165) is 35.3 Å². The number of halogens is 2. The number of rotatable bonds is 6. The van der Waals surface area contributed by atoms with Gasteiger partial charge in [-0.1, -0.05) is 48.5 Å². The number of nitrogens with one attached hydrogen (secondary N) is 1. The average Bonchev–Trinajstić information content (AvgIpc) is 2.76. The predicted molar refractivity (Wildman–Crippen MR) is 91.1 cm³/mol. The van der Waals surface area contributed by atoms with Crippen LogP contribution in [0.5, 0.6) is 0 Å². The molecule has 1 atom stereocenters. The Morgan fingerprint density at radius 2 is 1.95 bits per heavy atom. The van der Waals surface area contributed by atoms with E-state index in [0.29, 0.717) is 6.04 Å². The maximum absolute atomic E-state index is 13.5. The van der Waals surface area contributed by atoms with Crippen molar-refractivity contribution in [2.75, 3.05) is 6.54 Å². The van der Waals surface area contributed by atoms with Gasteiger partial charge in [0.15, 0.2) is 0 Å². The maximum atomic E-state index is 13.5. The van der Waals surface area contributed by atoms with Gasteiger partial charge in [-0.3, -0.25) is 0 Å². The van der Waals surface area contributed by atoms with E-state index in [2.05, 4.69) is 28.2 Å². The van der Waals surface area contributed by atoms with Gasteiger partial charge in [0.05, 0.1) is 0 Å². The zero-order valence-corrected chi connectivity index (χ0v) is 14.6. The number of benzene rings is 1. The minimum Gasteiger partial charge on any atom is -0.313 e. The van der Waals surface area contributed by atoms with Crippen LogP contribution >= 0.6 is 15.9 Å². The summed E-state index contributed by atoms with van der Waals surface area (Å²) in [6.07, 6.45) is 10.1. The summed E-state index contributed by atoms with van der Waals surface area (Å²) in [5.74, 6) is 0.595. The molecule has 1 unspecified atom stereocenters. The van der Waals surface area contributed by atoms with Crippen molar-refractivity contribution in [1.82, 2.24) is 5.32 Å². The van der Waals surface area contributed by atoms with Crippen molar-refractivity contribution in [3.05, 3.63) is 34.1 Å². The number of hydrogen-bond acceptors (Lipinski definition) is 1. The summed E-state index contributed by atoms with van der Waals surface area (Å²) in [7, 11) is 0. The second-order valence-electron chi connectivity index (χ2n) is 6.25. The van der Waals surface area contributed by atoms with Crippen LogP contribution < -0.4 is 5.32 Å². The molecule has 1 aliphatic carbocycles. The lowest BCUT2D eigenvalue weighted by molar-refractivity contribution is 0.317. The highest BCUT2D eigenvalue weighted by atomic mass is 79.9. The zero-order chi connectivity index (χ0) is 15.1. The van der Waals surface area contributed by atoms with Gasteiger partial charge in [-0.15, -0.1) is 0 Å². The smallest absolute Gasteiger partial charge is 0.123 e. The monoisotopic (exact) mass is 355 g/mol. The van der Waals surface area contributed by atoms with Crippen LogP contribution in [0.2, 0.25) is 0 Å². The maximum Gasteiger partial charge on any atom is 0.123 e. The largest absolute Gasteiger partial charge is 0.313 e. The molecule has 1 fully saturated rings. The zero-order valence-electron chi connectivity index (χ0n) is 13.0.